The minimum Gasteiger partial charge on any atom is -0.243 e. The molecule has 1 nitrogen and oxygen atoms in total. The molecule has 0 fully saturated rings. The van der Waals surface area contributed by atoms with Crippen LogP contribution in [0.2, 0.25) is 10.2 Å². The van der Waals surface area contributed by atoms with Crippen LogP contribution in [0.25, 0.3) is 11.1 Å². The molecule has 0 spiro atoms. The van der Waals surface area contributed by atoms with Crippen LogP contribution in [0, 0.1) is 29.1 Å². The van der Waals surface area contributed by atoms with Gasteiger partial charge in [-0.2, -0.15) is 0 Å². The summed E-state index contributed by atoms with van der Waals surface area (Å²) >= 11 is 11.2. The summed E-state index contributed by atoms with van der Waals surface area (Å²) < 4.78 is 66.1. The molecule has 0 bridgehead atoms. The first-order valence-corrected chi connectivity index (χ1v) is 5.43. The van der Waals surface area contributed by atoms with Gasteiger partial charge in [0, 0.05) is 11.8 Å². The van der Waals surface area contributed by atoms with Crippen LogP contribution in [0.15, 0.2) is 12.3 Å². The molecule has 0 aliphatic heterocycles. The summed E-state index contributed by atoms with van der Waals surface area (Å²) in [4.78, 5) is 3.51. The minimum atomic E-state index is -2.24. The number of aromatic nitrogens is 1. The van der Waals surface area contributed by atoms with Crippen molar-refractivity contribution in [3.8, 4) is 11.1 Å². The molecule has 1 aromatic carbocycles. The molecule has 0 atom stereocenters. The lowest BCUT2D eigenvalue weighted by Crippen LogP contribution is -2.04. The summed E-state index contributed by atoms with van der Waals surface area (Å²) in [6, 6.07) is 0.993. The van der Waals surface area contributed by atoms with Gasteiger partial charge in [-0.15, -0.1) is 0 Å². The molecule has 0 saturated heterocycles. The van der Waals surface area contributed by atoms with E-state index in [0.29, 0.717) is 0 Å². The van der Waals surface area contributed by atoms with Gasteiger partial charge in [0.1, 0.15) is 5.15 Å². The fraction of sp³-hybridized carbons (Fsp3) is 0. The van der Waals surface area contributed by atoms with E-state index in [1.807, 2.05) is 0 Å². The van der Waals surface area contributed by atoms with E-state index in [9.17, 15) is 22.0 Å². The Balaban J connectivity index is 2.87. The first-order valence-electron chi connectivity index (χ1n) is 4.68. The third kappa shape index (κ3) is 2.15. The van der Waals surface area contributed by atoms with E-state index in [1.165, 1.54) is 0 Å². The summed E-state index contributed by atoms with van der Waals surface area (Å²) in [6.45, 7) is 0. The van der Waals surface area contributed by atoms with Crippen LogP contribution in [0.4, 0.5) is 22.0 Å². The van der Waals surface area contributed by atoms with Gasteiger partial charge < -0.3 is 0 Å². The molecule has 0 saturated carbocycles. The lowest BCUT2D eigenvalue weighted by atomic mass is 10.0. The second kappa shape index (κ2) is 4.94. The maximum Gasteiger partial charge on any atom is 0.200 e. The van der Waals surface area contributed by atoms with Gasteiger partial charge >= 0.3 is 0 Å². The number of rotatable bonds is 1. The molecule has 0 amide bonds. The maximum absolute atomic E-state index is 13.6. The van der Waals surface area contributed by atoms with Crippen molar-refractivity contribution in [3.05, 3.63) is 51.5 Å². The van der Waals surface area contributed by atoms with Crippen molar-refractivity contribution >= 4 is 23.2 Å². The first kappa shape index (κ1) is 14.0. The zero-order valence-electron chi connectivity index (χ0n) is 8.75. The molecule has 2 aromatic rings. The molecule has 19 heavy (non-hydrogen) atoms. The van der Waals surface area contributed by atoms with Gasteiger partial charge in [-0.3, -0.25) is 0 Å². The quantitative estimate of drug-likeness (QED) is 0.320. The highest BCUT2D eigenvalue weighted by molar-refractivity contribution is 6.42. The number of halogens is 7. The minimum absolute atomic E-state index is 0.317. The Labute approximate surface area is 113 Å². The van der Waals surface area contributed by atoms with Crippen LogP contribution in [-0.2, 0) is 0 Å². The van der Waals surface area contributed by atoms with Gasteiger partial charge in [0.25, 0.3) is 0 Å². The van der Waals surface area contributed by atoms with E-state index in [1.54, 1.807) is 0 Å². The fourth-order valence-electron chi connectivity index (χ4n) is 1.45. The zero-order valence-corrected chi connectivity index (χ0v) is 10.3. The fourth-order valence-corrected chi connectivity index (χ4v) is 1.82. The van der Waals surface area contributed by atoms with Crippen molar-refractivity contribution in [2.75, 3.05) is 0 Å². The third-order valence-electron chi connectivity index (χ3n) is 2.33. The summed E-state index contributed by atoms with van der Waals surface area (Å²) in [5.41, 5.74) is -1.58. The topological polar surface area (TPSA) is 12.9 Å². The van der Waals surface area contributed by atoms with E-state index in [-0.39, 0.29) is 5.15 Å². The average Bonchev–Trinajstić information content (AvgIpc) is 2.39. The molecule has 0 radical (unpaired) electrons. The van der Waals surface area contributed by atoms with Gasteiger partial charge in [0.15, 0.2) is 23.3 Å². The number of nitrogens with zero attached hydrogens (tertiary/aromatic N) is 1. The number of benzene rings is 1. The summed E-state index contributed by atoms with van der Waals surface area (Å²) in [6.07, 6.45) is 1.03. The molecule has 100 valence electrons. The van der Waals surface area contributed by atoms with E-state index < -0.39 is 45.2 Å². The lowest BCUT2D eigenvalue weighted by molar-refractivity contribution is 0.381. The highest BCUT2D eigenvalue weighted by Gasteiger charge is 2.28. The third-order valence-corrected chi connectivity index (χ3v) is 3.09. The van der Waals surface area contributed by atoms with Crippen LogP contribution >= 0.6 is 23.2 Å². The number of hydrogen-bond acceptors (Lipinski definition) is 1. The van der Waals surface area contributed by atoms with E-state index >= 15 is 0 Å². The summed E-state index contributed by atoms with van der Waals surface area (Å²) in [5.74, 6) is -10.3. The Hall–Kier alpha value is -1.40. The Morgan fingerprint density at radius 1 is 0.789 bits per heavy atom. The van der Waals surface area contributed by atoms with Gasteiger partial charge in [-0.25, -0.2) is 26.9 Å². The second-order valence-corrected chi connectivity index (χ2v) is 4.14. The Morgan fingerprint density at radius 3 is 1.79 bits per heavy atom. The van der Waals surface area contributed by atoms with Gasteiger partial charge in [0.05, 0.1) is 10.6 Å². The molecular weight excluding hydrogens is 312 g/mol. The summed E-state index contributed by atoms with van der Waals surface area (Å²) in [7, 11) is 0. The monoisotopic (exact) mass is 313 g/mol. The second-order valence-electron chi connectivity index (χ2n) is 3.41. The molecule has 1 heterocycles. The van der Waals surface area contributed by atoms with Gasteiger partial charge in [-0.05, 0) is 6.07 Å². The van der Waals surface area contributed by atoms with Crippen molar-refractivity contribution in [2.45, 2.75) is 0 Å². The SMILES string of the molecule is Fc1c(F)c(F)c(-c2ccnc(Cl)c2Cl)c(F)c1F. The highest BCUT2D eigenvalue weighted by atomic mass is 35.5. The van der Waals surface area contributed by atoms with E-state index in [0.717, 1.165) is 12.3 Å². The van der Waals surface area contributed by atoms with E-state index in [4.69, 9.17) is 23.2 Å². The van der Waals surface area contributed by atoms with Gasteiger partial charge in [0.2, 0.25) is 5.82 Å². The van der Waals surface area contributed by atoms with Crippen molar-refractivity contribution < 1.29 is 22.0 Å². The van der Waals surface area contributed by atoms with Crippen molar-refractivity contribution in [1.29, 1.82) is 0 Å². The van der Waals surface area contributed by atoms with Crippen molar-refractivity contribution in [3.63, 3.8) is 0 Å². The molecule has 1 aromatic heterocycles. The smallest absolute Gasteiger partial charge is 0.200 e. The molecule has 8 heteroatoms. The van der Waals surface area contributed by atoms with Crippen LogP contribution in [0.3, 0.4) is 0 Å². The maximum atomic E-state index is 13.6. The Kier molecular flexibility index (Phi) is 3.64. The number of pyridine rings is 1. The molecule has 0 aliphatic carbocycles. The first-order chi connectivity index (χ1) is 8.86. The predicted molar refractivity (Wildman–Crippen MR) is 59.5 cm³/mol. The average molecular weight is 314 g/mol. The Bertz CT molecular complexity index is 646. The van der Waals surface area contributed by atoms with Gasteiger partial charge in [-0.1, -0.05) is 23.2 Å². The largest absolute Gasteiger partial charge is 0.243 e. The standard InChI is InChI=1S/C11H2Cl2F5N/c12-5-3(1-2-19-11(5)13)4-6(14)8(16)10(18)9(17)7(4)15/h1-2H. The van der Waals surface area contributed by atoms with Crippen molar-refractivity contribution in [1.82, 2.24) is 4.98 Å². The van der Waals surface area contributed by atoms with Crippen LogP contribution in [0.1, 0.15) is 0 Å². The number of hydrogen-bond donors (Lipinski definition) is 0. The Morgan fingerprint density at radius 2 is 1.26 bits per heavy atom. The highest BCUT2D eigenvalue weighted by Crippen LogP contribution is 2.37. The summed E-state index contributed by atoms with van der Waals surface area (Å²) in [5, 5.41) is -0.726. The zero-order chi connectivity index (χ0) is 14.3. The molecule has 0 N–H and O–H groups in total. The molecule has 0 aliphatic rings. The molecular formula is C11H2Cl2F5N. The van der Waals surface area contributed by atoms with Crippen LogP contribution < -0.4 is 0 Å². The molecule has 2 rings (SSSR count). The predicted octanol–water partition coefficient (Wildman–Crippen LogP) is 4.75. The molecule has 0 unspecified atom stereocenters. The van der Waals surface area contributed by atoms with Crippen molar-refractivity contribution in [2.24, 2.45) is 0 Å². The normalized spacial score (nSPS) is 10.9. The van der Waals surface area contributed by atoms with Crippen LogP contribution in [0.5, 0.6) is 0 Å². The lowest BCUT2D eigenvalue weighted by Gasteiger charge is -2.10. The van der Waals surface area contributed by atoms with E-state index in [2.05, 4.69) is 4.98 Å². The van der Waals surface area contributed by atoms with Crippen LogP contribution in [-0.4, -0.2) is 4.98 Å².